The molecule has 0 spiro atoms. The number of methoxy groups -OCH3 is 1. The molecule has 6 heteroatoms. The number of rotatable bonds is 7. The van der Waals surface area contributed by atoms with E-state index in [1.165, 1.54) is 7.11 Å². The van der Waals surface area contributed by atoms with Crippen LogP contribution in [-0.2, 0) is 20.7 Å². The largest absolute Gasteiger partial charge is 0.467 e. The lowest BCUT2D eigenvalue weighted by Gasteiger charge is -2.23. The summed E-state index contributed by atoms with van der Waals surface area (Å²) in [6, 6.07) is 6.73. The Labute approximate surface area is 145 Å². The molecule has 0 saturated heterocycles. The van der Waals surface area contributed by atoms with Crippen molar-refractivity contribution < 1.29 is 14.3 Å². The quantitative estimate of drug-likeness (QED) is 0.523. The van der Waals surface area contributed by atoms with Gasteiger partial charge in [-0.05, 0) is 47.2 Å². The molecule has 0 aliphatic carbocycles. The van der Waals surface area contributed by atoms with Gasteiger partial charge in [0.25, 0.3) is 0 Å². The summed E-state index contributed by atoms with van der Waals surface area (Å²) in [7, 11) is 3.06. The van der Waals surface area contributed by atoms with Gasteiger partial charge in [0.15, 0.2) is 0 Å². The predicted molar refractivity (Wildman–Crippen MR) is 94.5 cm³/mol. The maximum Gasteiger partial charge on any atom is 0.328 e. The van der Waals surface area contributed by atoms with Crippen molar-refractivity contribution in [2.24, 2.45) is 5.92 Å². The third kappa shape index (κ3) is 5.24. The molecular weight excluding hydrogens is 395 g/mol. The van der Waals surface area contributed by atoms with Gasteiger partial charge in [-0.3, -0.25) is 4.79 Å². The summed E-state index contributed by atoms with van der Waals surface area (Å²) in [6.45, 7) is 3.90. The summed E-state index contributed by atoms with van der Waals surface area (Å²) in [4.78, 5) is 24.3. The average molecular weight is 418 g/mol. The maximum atomic E-state index is 12.3. The smallest absolute Gasteiger partial charge is 0.328 e. The lowest BCUT2D eigenvalue weighted by molar-refractivity contribution is -0.145. The van der Waals surface area contributed by atoms with Crippen LogP contribution in [0.15, 0.2) is 24.3 Å². The molecule has 1 aromatic carbocycles. The number of hydrogen-bond acceptors (Lipinski definition) is 4. The van der Waals surface area contributed by atoms with Crippen LogP contribution in [0.25, 0.3) is 0 Å². The van der Waals surface area contributed by atoms with Crippen molar-refractivity contribution in [3.8, 4) is 0 Å². The van der Waals surface area contributed by atoms with E-state index in [9.17, 15) is 9.59 Å². The number of esters is 1. The molecule has 2 N–H and O–H groups in total. The van der Waals surface area contributed by atoms with Crippen LogP contribution >= 0.6 is 22.6 Å². The number of likely N-dealkylation sites (N-methyl/N-ethyl adjacent to an activating group) is 1. The third-order valence-electron chi connectivity index (χ3n) is 3.44. The van der Waals surface area contributed by atoms with Crippen LogP contribution in [0.1, 0.15) is 19.4 Å². The number of carbonyl (C=O) groups excluding carboxylic acids is 2. The first-order valence-electron chi connectivity index (χ1n) is 7.19. The van der Waals surface area contributed by atoms with Gasteiger partial charge in [-0.15, -0.1) is 0 Å². The second-order valence-corrected chi connectivity index (χ2v) is 6.55. The Kier molecular flexibility index (Phi) is 7.81. The molecule has 0 aromatic heterocycles. The van der Waals surface area contributed by atoms with Gasteiger partial charge in [0.1, 0.15) is 6.04 Å². The second kappa shape index (κ2) is 9.09. The summed E-state index contributed by atoms with van der Waals surface area (Å²) in [5, 5.41) is 5.77. The number of ether oxygens (including phenoxy) is 1. The summed E-state index contributed by atoms with van der Waals surface area (Å²) in [5.41, 5.74) is 1.00. The molecule has 1 aromatic rings. The highest BCUT2D eigenvalue weighted by atomic mass is 127. The molecule has 1 amide bonds. The van der Waals surface area contributed by atoms with Crippen molar-refractivity contribution in [1.82, 2.24) is 10.6 Å². The van der Waals surface area contributed by atoms with Crippen molar-refractivity contribution >= 4 is 34.5 Å². The van der Waals surface area contributed by atoms with Gasteiger partial charge in [-0.1, -0.05) is 32.0 Å². The molecule has 0 aliphatic rings. The highest BCUT2D eigenvalue weighted by Gasteiger charge is 2.27. The molecule has 0 unspecified atom stereocenters. The number of carbonyl (C=O) groups is 2. The minimum Gasteiger partial charge on any atom is -0.467 e. The van der Waals surface area contributed by atoms with E-state index >= 15 is 0 Å². The SMILES string of the molecule is CN[C@H](C(=O)N[C@@H](Cc1ccccc1I)C(=O)OC)C(C)C. The minimum atomic E-state index is -0.692. The molecule has 0 saturated carbocycles. The van der Waals surface area contributed by atoms with Crippen LogP contribution in [0.4, 0.5) is 0 Å². The molecule has 22 heavy (non-hydrogen) atoms. The van der Waals surface area contributed by atoms with E-state index in [2.05, 4.69) is 33.2 Å². The molecule has 0 heterocycles. The van der Waals surface area contributed by atoms with Crippen LogP contribution in [0.5, 0.6) is 0 Å². The van der Waals surface area contributed by atoms with Crippen molar-refractivity contribution in [1.29, 1.82) is 0 Å². The third-order valence-corrected chi connectivity index (χ3v) is 4.50. The van der Waals surface area contributed by atoms with E-state index in [0.717, 1.165) is 9.13 Å². The number of nitrogens with one attached hydrogen (secondary N) is 2. The van der Waals surface area contributed by atoms with Crippen LogP contribution in [0.2, 0.25) is 0 Å². The molecule has 0 radical (unpaired) electrons. The lowest BCUT2D eigenvalue weighted by Crippen LogP contribution is -2.52. The first-order valence-corrected chi connectivity index (χ1v) is 8.27. The number of benzene rings is 1. The summed E-state index contributed by atoms with van der Waals surface area (Å²) >= 11 is 2.22. The Hall–Kier alpha value is -1.15. The van der Waals surface area contributed by atoms with Crippen molar-refractivity contribution in [2.45, 2.75) is 32.4 Å². The second-order valence-electron chi connectivity index (χ2n) is 5.39. The monoisotopic (exact) mass is 418 g/mol. The molecule has 0 aliphatic heterocycles. The average Bonchev–Trinajstić information content (AvgIpc) is 2.48. The lowest BCUT2D eigenvalue weighted by atomic mass is 10.0. The van der Waals surface area contributed by atoms with Crippen LogP contribution in [0.3, 0.4) is 0 Å². The van der Waals surface area contributed by atoms with E-state index in [1.807, 2.05) is 38.1 Å². The van der Waals surface area contributed by atoms with E-state index < -0.39 is 12.0 Å². The van der Waals surface area contributed by atoms with Gasteiger partial charge >= 0.3 is 5.97 Å². The summed E-state index contributed by atoms with van der Waals surface area (Å²) < 4.78 is 5.88. The van der Waals surface area contributed by atoms with Gasteiger partial charge in [0.05, 0.1) is 13.2 Å². The summed E-state index contributed by atoms with van der Waals surface area (Å²) in [5.74, 6) is -0.509. The van der Waals surface area contributed by atoms with Gasteiger partial charge in [-0.2, -0.15) is 0 Å². The standard InChI is InChI=1S/C16H23IN2O3/c1-10(2)14(18-3)15(20)19-13(16(21)22-4)9-11-7-5-6-8-12(11)17/h5-8,10,13-14,18H,9H2,1-4H3,(H,19,20)/t13-,14-/m0/s1. The Bertz CT molecular complexity index is 520. The first kappa shape index (κ1) is 18.9. The topological polar surface area (TPSA) is 67.4 Å². The van der Waals surface area contributed by atoms with E-state index in [-0.39, 0.29) is 17.9 Å². The highest BCUT2D eigenvalue weighted by molar-refractivity contribution is 14.1. The number of amides is 1. The molecule has 0 bridgehead atoms. The molecular formula is C16H23IN2O3. The Morgan fingerprint density at radius 2 is 1.91 bits per heavy atom. The minimum absolute atomic E-state index is 0.125. The zero-order chi connectivity index (χ0) is 16.7. The number of hydrogen-bond donors (Lipinski definition) is 2. The Balaban J connectivity index is 2.88. The molecule has 0 fully saturated rings. The first-order chi connectivity index (χ1) is 10.4. The van der Waals surface area contributed by atoms with Gasteiger partial charge < -0.3 is 15.4 Å². The Morgan fingerprint density at radius 3 is 2.41 bits per heavy atom. The van der Waals surface area contributed by atoms with Gasteiger partial charge in [0, 0.05) is 9.99 Å². The van der Waals surface area contributed by atoms with E-state index in [0.29, 0.717) is 6.42 Å². The van der Waals surface area contributed by atoms with Crippen LogP contribution in [-0.4, -0.2) is 38.1 Å². The molecule has 122 valence electrons. The van der Waals surface area contributed by atoms with Crippen LogP contribution in [0, 0.1) is 9.49 Å². The molecule has 1 rings (SSSR count). The zero-order valence-electron chi connectivity index (χ0n) is 13.4. The van der Waals surface area contributed by atoms with E-state index in [1.54, 1.807) is 7.05 Å². The van der Waals surface area contributed by atoms with Crippen molar-refractivity contribution in [2.75, 3.05) is 14.2 Å². The van der Waals surface area contributed by atoms with E-state index in [4.69, 9.17) is 4.74 Å². The Morgan fingerprint density at radius 1 is 1.27 bits per heavy atom. The predicted octanol–water partition coefficient (Wildman–Crippen LogP) is 1.74. The number of halogens is 1. The maximum absolute atomic E-state index is 12.3. The van der Waals surface area contributed by atoms with Gasteiger partial charge in [0.2, 0.25) is 5.91 Å². The highest BCUT2D eigenvalue weighted by Crippen LogP contribution is 2.14. The fourth-order valence-electron chi connectivity index (χ4n) is 2.25. The molecule has 2 atom stereocenters. The van der Waals surface area contributed by atoms with Crippen molar-refractivity contribution in [3.63, 3.8) is 0 Å². The van der Waals surface area contributed by atoms with Gasteiger partial charge in [-0.25, -0.2) is 4.79 Å². The van der Waals surface area contributed by atoms with Crippen LogP contribution < -0.4 is 10.6 Å². The normalized spacial score (nSPS) is 13.5. The molecule has 5 nitrogen and oxygen atoms in total. The zero-order valence-corrected chi connectivity index (χ0v) is 15.5. The fraction of sp³-hybridized carbons (Fsp3) is 0.500. The summed E-state index contributed by atoms with van der Waals surface area (Å²) in [6.07, 6.45) is 0.409. The van der Waals surface area contributed by atoms with Crippen molar-refractivity contribution in [3.05, 3.63) is 33.4 Å². The fourth-order valence-corrected chi connectivity index (χ4v) is 2.86.